The lowest BCUT2D eigenvalue weighted by molar-refractivity contribution is 0.0492. The topological polar surface area (TPSA) is 3.24 Å². The number of piperidine rings is 1. The van der Waals surface area contributed by atoms with Gasteiger partial charge >= 0.3 is 0 Å². The van der Waals surface area contributed by atoms with Gasteiger partial charge in [-0.1, -0.05) is 52.7 Å². The first-order valence-electron chi connectivity index (χ1n) is 6.54. The lowest BCUT2D eigenvalue weighted by Crippen LogP contribution is -2.51. The lowest BCUT2D eigenvalue weighted by Gasteiger charge is -2.46. The minimum absolute atomic E-state index is 0.139. The van der Waals surface area contributed by atoms with Crippen LogP contribution in [0.1, 0.15) is 38.7 Å². The molecule has 0 spiro atoms. The highest BCUT2D eigenvalue weighted by Crippen LogP contribution is 2.34. The maximum atomic E-state index is 3.67. The van der Waals surface area contributed by atoms with Crippen molar-refractivity contribution in [2.24, 2.45) is 0 Å². The summed E-state index contributed by atoms with van der Waals surface area (Å²) in [6.07, 6.45) is 4.03. The van der Waals surface area contributed by atoms with E-state index in [9.17, 15) is 0 Å². The Morgan fingerprint density at radius 1 is 1.24 bits per heavy atom. The van der Waals surface area contributed by atoms with Crippen LogP contribution < -0.4 is 0 Å². The third-order valence-electron chi connectivity index (χ3n) is 4.00. The van der Waals surface area contributed by atoms with E-state index in [0.29, 0.717) is 6.04 Å². The van der Waals surface area contributed by atoms with E-state index < -0.39 is 0 Å². The first-order valence-corrected chi connectivity index (χ1v) is 7.66. The summed E-state index contributed by atoms with van der Waals surface area (Å²) in [5.74, 6) is 0. The molecular formula is C15H22BrN. The Kier molecular flexibility index (Phi) is 4.26. The van der Waals surface area contributed by atoms with Crippen LogP contribution in [0.3, 0.4) is 0 Å². The predicted molar refractivity (Wildman–Crippen MR) is 77.6 cm³/mol. The van der Waals surface area contributed by atoms with Crippen LogP contribution in [-0.4, -0.2) is 22.8 Å². The average molecular weight is 296 g/mol. The van der Waals surface area contributed by atoms with Crippen LogP contribution >= 0.6 is 15.9 Å². The largest absolute Gasteiger partial charge is 0.290 e. The predicted octanol–water partition coefficient (Wildman–Crippen LogP) is 4.17. The van der Waals surface area contributed by atoms with Gasteiger partial charge in [-0.15, -0.1) is 0 Å². The van der Waals surface area contributed by atoms with Crippen molar-refractivity contribution >= 4 is 15.9 Å². The van der Waals surface area contributed by atoms with Crippen LogP contribution in [0.4, 0.5) is 0 Å². The maximum absolute atomic E-state index is 3.67. The van der Waals surface area contributed by atoms with Gasteiger partial charge in [0.25, 0.3) is 0 Å². The highest BCUT2D eigenvalue weighted by Gasteiger charge is 2.34. The number of hydrogen-bond donors (Lipinski definition) is 0. The van der Waals surface area contributed by atoms with Crippen molar-refractivity contribution in [1.29, 1.82) is 0 Å². The highest BCUT2D eigenvalue weighted by atomic mass is 79.9. The molecule has 0 amide bonds. The van der Waals surface area contributed by atoms with Gasteiger partial charge < -0.3 is 0 Å². The SMILES string of the molecule is CC(C)(c1ccccc1)N1CCCC[C@@H]1CBr. The summed E-state index contributed by atoms with van der Waals surface area (Å²) in [5, 5.41) is 1.09. The van der Waals surface area contributed by atoms with E-state index in [4.69, 9.17) is 0 Å². The minimum atomic E-state index is 0.139. The van der Waals surface area contributed by atoms with Gasteiger partial charge in [-0.2, -0.15) is 0 Å². The van der Waals surface area contributed by atoms with Crippen molar-refractivity contribution in [3.05, 3.63) is 35.9 Å². The zero-order valence-electron chi connectivity index (χ0n) is 10.8. The molecule has 1 aliphatic rings. The monoisotopic (exact) mass is 295 g/mol. The van der Waals surface area contributed by atoms with E-state index in [-0.39, 0.29) is 5.54 Å². The van der Waals surface area contributed by atoms with E-state index >= 15 is 0 Å². The second kappa shape index (κ2) is 5.53. The first-order chi connectivity index (χ1) is 8.16. The summed E-state index contributed by atoms with van der Waals surface area (Å²) < 4.78 is 0. The van der Waals surface area contributed by atoms with Crippen molar-refractivity contribution in [2.45, 2.75) is 44.7 Å². The molecule has 0 bridgehead atoms. The van der Waals surface area contributed by atoms with E-state index in [1.54, 1.807) is 0 Å². The second-order valence-corrected chi connectivity index (χ2v) is 6.07. The van der Waals surface area contributed by atoms with E-state index in [2.05, 4.69) is 65.0 Å². The van der Waals surface area contributed by atoms with Gasteiger partial charge in [0.15, 0.2) is 0 Å². The van der Waals surface area contributed by atoms with E-state index in [1.807, 2.05) is 0 Å². The Bertz CT molecular complexity index is 347. The van der Waals surface area contributed by atoms with Crippen LogP contribution in [0.2, 0.25) is 0 Å². The molecule has 1 aliphatic heterocycles. The highest BCUT2D eigenvalue weighted by molar-refractivity contribution is 9.09. The summed E-state index contributed by atoms with van der Waals surface area (Å²) in [6, 6.07) is 11.6. The van der Waals surface area contributed by atoms with Gasteiger partial charge in [-0.3, -0.25) is 4.90 Å². The molecule has 0 aliphatic carbocycles. The molecule has 94 valence electrons. The van der Waals surface area contributed by atoms with Gasteiger partial charge in [0.1, 0.15) is 0 Å². The smallest absolute Gasteiger partial charge is 0.0407 e. The molecule has 0 N–H and O–H groups in total. The summed E-state index contributed by atoms with van der Waals surface area (Å²) in [6.45, 7) is 5.92. The maximum Gasteiger partial charge on any atom is 0.0407 e. The fraction of sp³-hybridized carbons (Fsp3) is 0.600. The normalized spacial score (nSPS) is 22.6. The molecule has 1 heterocycles. The number of halogens is 1. The fourth-order valence-corrected chi connectivity index (χ4v) is 3.58. The Morgan fingerprint density at radius 3 is 2.59 bits per heavy atom. The lowest BCUT2D eigenvalue weighted by atomic mass is 9.88. The molecule has 1 aromatic rings. The molecule has 2 rings (SSSR count). The Balaban J connectivity index is 2.24. The molecule has 0 unspecified atom stereocenters. The van der Waals surface area contributed by atoms with Crippen LogP contribution in [0.15, 0.2) is 30.3 Å². The van der Waals surface area contributed by atoms with Crippen LogP contribution in [-0.2, 0) is 5.54 Å². The summed E-state index contributed by atoms with van der Waals surface area (Å²) >= 11 is 3.67. The molecule has 0 aromatic heterocycles. The van der Waals surface area contributed by atoms with Gasteiger partial charge in [-0.05, 0) is 38.8 Å². The average Bonchev–Trinajstić information content (AvgIpc) is 2.39. The summed E-state index contributed by atoms with van der Waals surface area (Å²) in [5.41, 5.74) is 1.56. The van der Waals surface area contributed by atoms with Crippen molar-refractivity contribution in [1.82, 2.24) is 4.90 Å². The van der Waals surface area contributed by atoms with Crippen LogP contribution in [0.5, 0.6) is 0 Å². The Labute approximate surface area is 113 Å². The molecule has 17 heavy (non-hydrogen) atoms. The van der Waals surface area contributed by atoms with E-state index in [1.165, 1.54) is 31.4 Å². The molecule has 2 heteroatoms. The minimum Gasteiger partial charge on any atom is -0.290 e. The quantitative estimate of drug-likeness (QED) is 0.757. The standard InChI is InChI=1S/C15H22BrN/c1-15(2,13-8-4-3-5-9-13)17-11-7-6-10-14(17)12-16/h3-5,8-9,14H,6-7,10-12H2,1-2H3/t14-/m1/s1. The number of likely N-dealkylation sites (tertiary alicyclic amines) is 1. The third kappa shape index (κ3) is 2.74. The van der Waals surface area contributed by atoms with E-state index in [0.717, 1.165) is 5.33 Å². The second-order valence-electron chi connectivity index (χ2n) is 5.42. The van der Waals surface area contributed by atoms with Crippen LogP contribution in [0, 0.1) is 0 Å². The number of nitrogens with zero attached hydrogens (tertiary/aromatic N) is 1. The van der Waals surface area contributed by atoms with Crippen molar-refractivity contribution in [3.63, 3.8) is 0 Å². The van der Waals surface area contributed by atoms with Crippen LogP contribution in [0.25, 0.3) is 0 Å². The van der Waals surface area contributed by atoms with Gasteiger partial charge in [0.05, 0.1) is 0 Å². The molecule has 1 atom stereocenters. The molecule has 1 nitrogen and oxygen atoms in total. The molecule has 1 saturated heterocycles. The third-order valence-corrected chi connectivity index (χ3v) is 4.75. The first kappa shape index (κ1) is 13.1. The molecule has 1 aromatic carbocycles. The number of rotatable bonds is 3. The zero-order chi connectivity index (χ0) is 12.3. The summed E-state index contributed by atoms with van der Waals surface area (Å²) in [4.78, 5) is 2.67. The molecule has 0 radical (unpaired) electrons. The number of alkyl halides is 1. The van der Waals surface area contributed by atoms with Crippen molar-refractivity contribution in [3.8, 4) is 0 Å². The molecule has 1 fully saturated rings. The fourth-order valence-electron chi connectivity index (χ4n) is 2.91. The van der Waals surface area contributed by atoms with Gasteiger partial charge in [-0.25, -0.2) is 0 Å². The Morgan fingerprint density at radius 2 is 1.94 bits per heavy atom. The zero-order valence-corrected chi connectivity index (χ0v) is 12.4. The summed E-state index contributed by atoms with van der Waals surface area (Å²) in [7, 11) is 0. The number of benzene rings is 1. The Hall–Kier alpha value is -0.340. The molecular weight excluding hydrogens is 274 g/mol. The van der Waals surface area contributed by atoms with Gasteiger partial charge in [0.2, 0.25) is 0 Å². The van der Waals surface area contributed by atoms with Crippen molar-refractivity contribution in [2.75, 3.05) is 11.9 Å². The molecule has 0 saturated carbocycles. The number of hydrogen-bond acceptors (Lipinski definition) is 1. The van der Waals surface area contributed by atoms with Crippen molar-refractivity contribution < 1.29 is 0 Å². The van der Waals surface area contributed by atoms with Gasteiger partial charge in [0, 0.05) is 16.9 Å².